The molecule has 2 aromatic rings. The lowest BCUT2D eigenvalue weighted by molar-refractivity contribution is 0.303. The number of nitrogens with zero attached hydrogens (tertiary/aromatic N) is 1. The highest BCUT2D eigenvalue weighted by Crippen LogP contribution is 2.21. The minimum Gasteiger partial charge on any atom is -0.494 e. The van der Waals surface area contributed by atoms with Crippen LogP contribution in [0.4, 0.5) is 0 Å². The monoisotopic (exact) mass is 297 g/mol. The number of ether oxygens (including phenoxy) is 2. The van der Waals surface area contributed by atoms with Crippen LogP contribution in [-0.2, 0) is 6.61 Å². The molecule has 1 heterocycles. The number of benzene rings is 1. The maximum atomic E-state index is 5.97. The van der Waals surface area contributed by atoms with Crippen molar-refractivity contribution in [2.45, 2.75) is 13.5 Å². The van der Waals surface area contributed by atoms with E-state index in [1.807, 2.05) is 31.2 Å². The van der Waals surface area contributed by atoms with Crippen LogP contribution in [0.2, 0.25) is 10.3 Å². The van der Waals surface area contributed by atoms with Crippen molar-refractivity contribution >= 4 is 23.2 Å². The van der Waals surface area contributed by atoms with Crippen LogP contribution in [0.5, 0.6) is 11.5 Å². The molecule has 1 aromatic carbocycles. The van der Waals surface area contributed by atoms with E-state index in [-0.39, 0.29) is 0 Å². The lowest BCUT2D eigenvalue weighted by atomic mass is 10.3. The second-order valence-corrected chi connectivity index (χ2v) is 4.52. The van der Waals surface area contributed by atoms with Gasteiger partial charge in [-0.1, -0.05) is 23.2 Å². The van der Waals surface area contributed by atoms with Crippen molar-refractivity contribution in [3.05, 3.63) is 52.3 Å². The molecule has 0 fully saturated rings. The summed E-state index contributed by atoms with van der Waals surface area (Å²) in [5.41, 5.74) is 0.792. The first-order valence-corrected chi connectivity index (χ1v) is 6.61. The Bertz CT molecular complexity index is 544. The van der Waals surface area contributed by atoms with Gasteiger partial charge in [0.05, 0.1) is 6.61 Å². The zero-order chi connectivity index (χ0) is 13.7. The van der Waals surface area contributed by atoms with Crippen molar-refractivity contribution in [1.29, 1.82) is 0 Å². The van der Waals surface area contributed by atoms with Crippen LogP contribution in [0.15, 0.2) is 36.4 Å². The van der Waals surface area contributed by atoms with E-state index in [0.717, 1.165) is 17.1 Å². The van der Waals surface area contributed by atoms with Crippen molar-refractivity contribution in [1.82, 2.24) is 4.98 Å². The van der Waals surface area contributed by atoms with Gasteiger partial charge in [0, 0.05) is 5.56 Å². The molecule has 5 heteroatoms. The summed E-state index contributed by atoms with van der Waals surface area (Å²) in [6.07, 6.45) is 0. The third kappa shape index (κ3) is 4.01. The Morgan fingerprint density at radius 2 is 1.58 bits per heavy atom. The molecular weight excluding hydrogens is 285 g/mol. The number of pyridine rings is 1. The second kappa shape index (κ2) is 6.64. The summed E-state index contributed by atoms with van der Waals surface area (Å²) < 4.78 is 11.0. The van der Waals surface area contributed by atoms with Gasteiger partial charge in [0.15, 0.2) is 0 Å². The van der Waals surface area contributed by atoms with Gasteiger partial charge < -0.3 is 9.47 Å². The van der Waals surface area contributed by atoms with Crippen molar-refractivity contribution in [2.24, 2.45) is 0 Å². The number of hydrogen-bond donors (Lipinski definition) is 0. The lowest BCUT2D eigenvalue weighted by Crippen LogP contribution is -1.98. The molecule has 0 saturated heterocycles. The fraction of sp³-hybridized carbons (Fsp3) is 0.214. The lowest BCUT2D eigenvalue weighted by Gasteiger charge is -2.08. The van der Waals surface area contributed by atoms with Crippen LogP contribution >= 0.6 is 23.2 Å². The Balaban J connectivity index is 1.98. The third-order valence-corrected chi connectivity index (χ3v) is 2.96. The molecular formula is C14H13Cl2NO2. The van der Waals surface area contributed by atoms with Gasteiger partial charge in [-0.3, -0.25) is 0 Å². The zero-order valence-electron chi connectivity index (χ0n) is 10.4. The minimum atomic E-state index is 0.344. The quantitative estimate of drug-likeness (QED) is 0.768. The summed E-state index contributed by atoms with van der Waals surface area (Å²) in [7, 11) is 0. The second-order valence-electron chi connectivity index (χ2n) is 3.78. The first-order chi connectivity index (χ1) is 9.19. The molecule has 0 aliphatic carbocycles. The third-order valence-electron chi connectivity index (χ3n) is 2.42. The first kappa shape index (κ1) is 14.0. The smallest absolute Gasteiger partial charge is 0.137 e. The fourth-order valence-electron chi connectivity index (χ4n) is 1.51. The van der Waals surface area contributed by atoms with Crippen molar-refractivity contribution in [2.75, 3.05) is 6.61 Å². The van der Waals surface area contributed by atoms with Crippen LogP contribution in [0.3, 0.4) is 0 Å². The van der Waals surface area contributed by atoms with Crippen LogP contribution in [0.25, 0.3) is 0 Å². The standard InChI is InChI=1S/C14H13Cl2NO2/c1-2-18-11-4-6-12(7-5-11)19-9-10-3-8-13(15)17-14(10)16/h3-8H,2,9H2,1H3. The van der Waals surface area contributed by atoms with Gasteiger partial charge in [-0.05, 0) is 43.3 Å². The highest BCUT2D eigenvalue weighted by Gasteiger charge is 2.04. The summed E-state index contributed by atoms with van der Waals surface area (Å²) >= 11 is 11.7. The minimum absolute atomic E-state index is 0.344. The average molecular weight is 298 g/mol. The zero-order valence-corrected chi connectivity index (χ0v) is 11.9. The molecule has 0 aliphatic rings. The molecule has 0 saturated carbocycles. The molecule has 0 spiro atoms. The number of hydrogen-bond acceptors (Lipinski definition) is 3. The van der Waals surface area contributed by atoms with E-state index >= 15 is 0 Å². The maximum absolute atomic E-state index is 5.97. The predicted molar refractivity (Wildman–Crippen MR) is 76.2 cm³/mol. The molecule has 3 nitrogen and oxygen atoms in total. The number of aromatic nitrogens is 1. The van der Waals surface area contributed by atoms with Crippen molar-refractivity contribution < 1.29 is 9.47 Å². The molecule has 0 unspecified atom stereocenters. The maximum Gasteiger partial charge on any atom is 0.137 e. The highest BCUT2D eigenvalue weighted by atomic mass is 35.5. The molecule has 2 rings (SSSR count). The van der Waals surface area contributed by atoms with E-state index in [2.05, 4.69) is 4.98 Å². The van der Waals surface area contributed by atoms with Crippen LogP contribution in [0, 0.1) is 0 Å². The molecule has 100 valence electrons. The van der Waals surface area contributed by atoms with Crippen molar-refractivity contribution in [3.63, 3.8) is 0 Å². The van der Waals surface area contributed by atoms with Crippen LogP contribution < -0.4 is 9.47 Å². The van der Waals surface area contributed by atoms with Gasteiger partial charge >= 0.3 is 0 Å². The topological polar surface area (TPSA) is 31.4 Å². The largest absolute Gasteiger partial charge is 0.494 e. The fourth-order valence-corrected chi connectivity index (χ4v) is 1.91. The van der Waals surface area contributed by atoms with E-state index in [9.17, 15) is 0 Å². The number of rotatable bonds is 5. The molecule has 19 heavy (non-hydrogen) atoms. The molecule has 0 atom stereocenters. The van der Waals surface area contributed by atoms with E-state index in [1.54, 1.807) is 12.1 Å². The molecule has 0 bridgehead atoms. The van der Waals surface area contributed by atoms with E-state index in [1.165, 1.54) is 0 Å². The predicted octanol–water partition coefficient (Wildman–Crippen LogP) is 4.37. The van der Waals surface area contributed by atoms with Gasteiger partial charge in [-0.15, -0.1) is 0 Å². The SMILES string of the molecule is CCOc1ccc(OCc2ccc(Cl)nc2Cl)cc1. The van der Waals surface area contributed by atoms with Gasteiger partial charge in [0.1, 0.15) is 28.4 Å². The van der Waals surface area contributed by atoms with Gasteiger partial charge in [0.2, 0.25) is 0 Å². The Hall–Kier alpha value is -1.45. The Kier molecular flexibility index (Phi) is 4.88. The molecule has 1 aromatic heterocycles. The Morgan fingerprint density at radius 3 is 2.16 bits per heavy atom. The summed E-state index contributed by atoms with van der Waals surface area (Å²) in [5, 5.41) is 0.730. The van der Waals surface area contributed by atoms with Crippen LogP contribution in [-0.4, -0.2) is 11.6 Å². The summed E-state index contributed by atoms with van der Waals surface area (Å²) in [6, 6.07) is 10.9. The van der Waals surface area contributed by atoms with E-state index in [4.69, 9.17) is 32.7 Å². The summed E-state index contributed by atoms with van der Waals surface area (Å²) in [5.74, 6) is 1.57. The first-order valence-electron chi connectivity index (χ1n) is 5.85. The molecule has 0 radical (unpaired) electrons. The molecule has 0 N–H and O–H groups in total. The van der Waals surface area contributed by atoms with E-state index < -0.39 is 0 Å². The van der Waals surface area contributed by atoms with Gasteiger partial charge in [-0.25, -0.2) is 4.98 Å². The van der Waals surface area contributed by atoms with E-state index in [0.29, 0.717) is 23.5 Å². The van der Waals surface area contributed by atoms with Crippen molar-refractivity contribution in [3.8, 4) is 11.5 Å². The number of halogens is 2. The molecule has 0 amide bonds. The summed E-state index contributed by atoms with van der Waals surface area (Å²) in [4.78, 5) is 3.96. The van der Waals surface area contributed by atoms with Gasteiger partial charge in [-0.2, -0.15) is 0 Å². The Labute approximate surface area is 122 Å². The molecule has 0 aliphatic heterocycles. The normalized spacial score (nSPS) is 10.3. The summed E-state index contributed by atoms with van der Waals surface area (Å²) in [6.45, 7) is 2.93. The van der Waals surface area contributed by atoms with Gasteiger partial charge in [0.25, 0.3) is 0 Å². The van der Waals surface area contributed by atoms with Crippen LogP contribution in [0.1, 0.15) is 12.5 Å². The average Bonchev–Trinajstić information content (AvgIpc) is 2.40. The Morgan fingerprint density at radius 1 is 0.947 bits per heavy atom. The highest BCUT2D eigenvalue weighted by molar-refractivity contribution is 6.32.